The summed E-state index contributed by atoms with van der Waals surface area (Å²) in [6, 6.07) is 0. The molecule has 14 heavy (non-hydrogen) atoms. The maximum Gasteiger partial charge on any atom is 0.222 e. The molecule has 0 aliphatic heterocycles. The molecule has 0 fully saturated rings. The zero-order chi connectivity index (χ0) is 10.7. The second-order valence-electron chi connectivity index (χ2n) is 2.54. The molecule has 0 saturated heterocycles. The lowest BCUT2D eigenvalue weighted by atomic mass is 10.5. The highest BCUT2D eigenvalue weighted by molar-refractivity contribution is 7.84. The Bertz CT molecular complexity index is 371. The molecular weight excluding hydrogens is 224 g/mol. The summed E-state index contributed by atoms with van der Waals surface area (Å²) in [5.74, 6) is 0.565. The van der Waals surface area contributed by atoms with Crippen molar-refractivity contribution < 1.29 is 4.21 Å². The van der Waals surface area contributed by atoms with Crippen molar-refractivity contribution in [2.24, 2.45) is 0 Å². The number of halogens is 1. The molecule has 0 radical (unpaired) electrons. The summed E-state index contributed by atoms with van der Waals surface area (Å²) in [4.78, 5) is 7.80. The van der Waals surface area contributed by atoms with Gasteiger partial charge in [0.05, 0.1) is 10.8 Å². The van der Waals surface area contributed by atoms with E-state index in [1.54, 1.807) is 0 Å². The molecule has 1 atom stereocenters. The summed E-state index contributed by atoms with van der Waals surface area (Å²) in [6.45, 7) is 2.56. The van der Waals surface area contributed by atoms with E-state index in [-0.39, 0.29) is 16.0 Å². The second-order valence-corrected chi connectivity index (χ2v) is 4.19. The molecule has 3 N–H and O–H groups in total. The number of nitrogen functional groups attached to an aromatic ring is 1. The first-order chi connectivity index (χ1) is 6.56. The van der Waals surface area contributed by atoms with E-state index in [0.29, 0.717) is 12.4 Å². The van der Waals surface area contributed by atoms with E-state index < -0.39 is 10.8 Å². The zero-order valence-electron chi connectivity index (χ0n) is 7.87. The van der Waals surface area contributed by atoms with Crippen LogP contribution in [-0.4, -0.2) is 27.0 Å². The maximum atomic E-state index is 11.1. The maximum absolute atomic E-state index is 11.1. The van der Waals surface area contributed by atoms with E-state index in [0.717, 1.165) is 0 Å². The SMILES string of the molecule is CCNc1nc([S@](C)=O)nc(N)c1Cl. The van der Waals surface area contributed by atoms with Gasteiger partial charge in [-0.3, -0.25) is 4.21 Å². The van der Waals surface area contributed by atoms with Crippen LogP contribution in [0.15, 0.2) is 5.16 Å². The first-order valence-electron chi connectivity index (χ1n) is 3.96. The van der Waals surface area contributed by atoms with E-state index in [1.165, 1.54) is 6.26 Å². The molecule has 0 aromatic carbocycles. The summed E-state index contributed by atoms with van der Waals surface area (Å²) < 4.78 is 11.1. The highest BCUT2D eigenvalue weighted by Crippen LogP contribution is 2.24. The molecule has 5 nitrogen and oxygen atoms in total. The predicted octanol–water partition coefficient (Wildman–Crippen LogP) is 0.881. The van der Waals surface area contributed by atoms with Gasteiger partial charge in [-0.25, -0.2) is 9.97 Å². The Morgan fingerprint density at radius 3 is 2.71 bits per heavy atom. The number of anilines is 2. The lowest BCUT2D eigenvalue weighted by Gasteiger charge is -2.07. The summed E-state index contributed by atoms with van der Waals surface area (Å²) in [6.07, 6.45) is 1.48. The highest BCUT2D eigenvalue weighted by Gasteiger charge is 2.11. The Labute approximate surface area is 89.5 Å². The molecule has 7 heteroatoms. The first kappa shape index (κ1) is 11.2. The summed E-state index contributed by atoms with van der Waals surface area (Å²) in [5, 5.41) is 3.36. The number of nitrogens with zero attached hydrogens (tertiary/aromatic N) is 2. The molecule has 78 valence electrons. The Morgan fingerprint density at radius 1 is 1.57 bits per heavy atom. The average Bonchev–Trinajstić information content (AvgIpc) is 2.12. The number of hydrogen-bond donors (Lipinski definition) is 2. The fourth-order valence-corrected chi connectivity index (χ4v) is 1.45. The molecular formula is C7H11ClN4OS. The van der Waals surface area contributed by atoms with Gasteiger partial charge in [-0.1, -0.05) is 11.6 Å². The van der Waals surface area contributed by atoms with Crippen molar-refractivity contribution in [3.05, 3.63) is 5.02 Å². The van der Waals surface area contributed by atoms with Crippen molar-refractivity contribution in [1.82, 2.24) is 9.97 Å². The van der Waals surface area contributed by atoms with Crippen LogP contribution in [0, 0.1) is 0 Å². The molecule has 1 aromatic heterocycles. The van der Waals surface area contributed by atoms with Crippen LogP contribution in [0.1, 0.15) is 6.92 Å². The van der Waals surface area contributed by atoms with Gasteiger partial charge in [0.25, 0.3) is 0 Å². The smallest absolute Gasteiger partial charge is 0.222 e. The molecule has 1 aromatic rings. The summed E-state index contributed by atoms with van der Waals surface area (Å²) >= 11 is 5.84. The van der Waals surface area contributed by atoms with E-state index in [9.17, 15) is 4.21 Å². The van der Waals surface area contributed by atoms with Gasteiger partial charge in [0.1, 0.15) is 10.8 Å². The molecule has 0 unspecified atom stereocenters. The fraction of sp³-hybridized carbons (Fsp3) is 0.429. The Balaban J connectivity index is 3.20. The van der Waals surface area contributed by atoms with Crippen LogP contribution in [0.3, 0.4) is 0 Å². The van der Waals surface area contributed by atoms with Crippen molar-refractivity contribution >= 4 is 34.0 Å². The summed E-state index contributed by atoms with van der Waals surface area (Å²) in [5.41, 5.74) is 5.53. The Hall–Kier alpha value is -0.880. The monoisotopic (exact) mass is 234 g/mol. The molecule has 0 bridgehead atoms. The van der Waals surface area contributed by atoms with Gasteiger partial charge in [0, 0.05) is 12.8 Å². The van der Waals surface area contributed by atoms with E-state index in [4.69, 9.17) is 17.3 Å². The Kier molecular flexibility index (Phi) is 3.65. The van der Waals surface area contributed by atoms with Gasteiger partial charge in [0.15, 0.2) is 5.82 Å². The quantitative estimate of drug-likeness (QED) is 0.759. The average molecular weight is 235 g/mol. The second kappa shape index (κ2) is 4.56. The molecule has 0 spiro atoms. The molecule has 0 aliphatic carbocycles. The third-order valence-corrected chi connectivity index (χ3v) is 2.53. The number of nitrogens with one attached hydrogen (secondary N) is 1. The van der Waals surface area contributed by atoms with Crippen LogP contribution in [0.4, 0.5) is 11.6 Å². The molecule has 0 amide bonds. The lowest BCUT2D eigenvalue weighted by molar-refractivity contribution is 0.680. The fourth-order valence-electron chi connectivity index (χ4n) is 0.856. The van der Waals surface area contributed by atoms with Crippen molar-refractivity contribution in [3.63, 3.8) is 0 Å². The van der Waals surface area contributed by atoms with E-state index in [1.807, 2.05) is 6.92 Å². The van der Waals surface area contributed by atoms with E-state index in [2.05, 4.69) is 15.3 Å². The summed E-state index contributed by atoms with van der Waals surface area (Å²) in [7, 11) is -1.26. The van der Waals surface area contributed by atoms with Gasteiger partial charge >= 0.3 is 0 Å². The largest absolute Gasteiger partial charge is 0.382 e. The third-order valence-electron chi connectivity index (χ3n) is 1.46. The lowest BCUT2D eigenvalue weighted by Crippen LogP contribution is -2.08. The van der Waals surface area contributed by atoms with Gasteiger partial charge in [-0.05, 0) is 6.92 Å². The molecule has 0 saturated carbocycles. The topological polar surface area (TPSA) is 80.9 Å². The van der Waals surface area contributed by atoms with Crippen molar-refractivity contribution in [3.8, 4) is 0 Å². The number of rotatable bonds is 3. The van der Waals surface area contributed by atoms with Crippen molar-refractivity contribution in [2.45, 2.75) is 12.1 Å². The highest BCUT2D eigenvalue weighted by atomic mass is 35.5. The van der Waals surface area contributed by atoms with Crippen LogP contribution < -0.4 is 11.1 Å². The standard InChI is InChI=1S/C7H11ClN4OS/c1-3-10-6-4(8)5(9)11-7(12-6)14(2)13/h3H2,1-2H3,(H3,9,10,11,12)/t14-/m0/s1. The van der Waals surface area contributed by atoms with Crippen LogP contribution in [0.5, 0.6) is 0 Å². The van der Waals surface area contributed by atoms with Crippen LogP contribution in [0.2, 0.25) is 5.02 Å². The minimum atomic E-state index is -1.26. The third kappa shape index (κ3) is 2.33. The first-order valence-corrected chi connectivity index (χ1v) is 5.90. The van der Waals surface area contributed by atoms with Crippen molar-refractivity contribution in [1.29, 1.82) is 0 Å². The number of hydrogen-bond acceptors (Lipinski definition) is 5. The number of nitrogens with two attached hydrogens (primary N) is 1. The van der Waals surface area contributed by atoms with Gasteiger partial charge in [-0.2, -0.15) is 0 Å². The zero-order valence-corrected chi connectivity index (χ0v) is 9.45. The predicted molar refractivity (Wildman–Crippen MR) is 58.0 cm³/mol. The Morgan fingerprint density at radius 2 is 2.21 bits per heavy atom. The van der Waals surface area contributed by atoms with Gasteiger partial charge in [-0.15, -0.1) is 0 Å². The van der Waals surface area contributed by atoms with Crippen LogP contribution >= 0.6 is 11.6 Å². The minimum Gasteiger partial charge on any atom is -0.382 e. The van der Waals surface area contributed by atoms with Crippen molar-refractivity contribution in [2.75, 3.05) is 23.9 Å². The van der Waals surface area contributed by atoms with E-state index >= 15 is 0 Å². The van der Waals surface area contributed by atoms with Crippen LogP contribution in [0.25, 0.3) is 0 Å². The number of aromatic nitrogens is 2. The molecule has 0 aliphatic rings. The molecule has 1 heterocycles. The normalized spacial score (nSPS) is 12.5. The minimum absolute atomic E-state index is 0.141. The van der Waals surface area contributed by atoms with Crippen LogP contribution in [-0.2, 0) is 10.8 Å². The van der Waals surface area contributed by atoms with Gasteiger partial charge < -0.3 is 11.1 Å². The van der Waals surface area contributed by atoms with Gasteiger partial charge in [0.2, 0.25) is 5.16 Å². The molecule has 1 rings (SSSR count).